The third-order valence-corrected chi connectivity index (χ3v) is 7.00. The molecule has 0 N–H and O–H groups in total. The first-order chi connectivity index (χ1) is 14.6. The van der Waals surface area contributed by atoms with Gasteiger partial charge < -0.3 is 0 Å². The molecule has 0 bridgehead atoms. The number of nitrogens with zero attached hydrogens (tertiary/aromatic N) is 1. The number of pyridine rings is 1. The summed E-state index contributed by atoms with van der Waals surface area (Å²) in [6.45, 7) is 13.4. The smallest absolute Gasteiger partial charge is 0.198 e. The highest BCUT2D eigenvalue weighted by Gasteiger charge is 2.24. The molecule has 1 saturated carbocycles. The molecule has 1 aliphatic carbocycles. The van der Waals surface area contributed by atoms with Crippen LogP contribution in [0.15, 0.2) is 36.4 Å². The fourth-order valence-corrected chi connectivity index (χ4v) is 5.20. The number of benzene rings is 2. The average molecular weight is 402 g/mol. The molecule has 4 rings (SSSR count). The van der Waals surface area contributed by atoms with Gasteiger partial charge >= 0.3 is 0 Å². The van der Waals surface area contributed by atoms with Crippen molar-refractivity contribution in [3.05, 3.63) is 64.3 Å². The molecular weight excluding hydrogens is 362 g/mol. The number of hydrogen-bond acceptors (Lipinski definition) is 0. The molecule has 1 aliphatic rings. The molecule has 0 spiro atoms. The molecule has 0 radical (unpaired) electrons. The Morgan fingerprint density at radius 3 is 2.40 bits per heavy atom. The van der Waals surface area contributed by atoms with Gasteiger partial charge in [-0.1, -0.05) is 51.8 Å². The lowest BCUT2D eigenvalue weighted by molar-refractivity contribution is -0.665. The Kier molecular flexibility index (Phi) is 5.17. The van der Waals surface area contributed by atoms with Gasteiger partial charge in [-0.25, -0.2) is 0 Å². The van der Waals surface area contributed by atoms with Gasteiger partial charge in [0.2, 0.25) is 5.69 Å². The quantitative estimate of drug-likeness (QED) is 0.400. The van der Waals surface area contributed by atoms with Crippen molar-refractivity contribution in [1.82, 2.24) is 0 Å². The van der Waals surface area contributed by atoms with Gasteiger partial charge in [-0.2, -0.15) is 4.57 Å². The molecule has 1 aromatic heterocycles. The van der Waals surface area contributed by atoms with E-state index >= 15 is 0 Å². The second-order valence-electron chi connectivity index (χ2n) is 10.7. The maximum atomic E-state index is 8.87. The van der Waals surface area contributed by atoms with E-state index in [1.807, 2.05) is 0 Å². The van der Waals surface area contributed by atoms with Crippen molar-refractivity contribution in [2.24, 2.45) is 12.5 Å². The van der Waals surface area contributed by atoms with Crippen molar-refractivity contribution in [1.29, 1.82) is 0 Å². The summed E-state index contributed by atoms with van der Waals surface area (Å²) < 4.78 is 11.1. The van der Waals surface area contributed by atoms with Crippen LogP contribution in [0, 0.1) is 26.2 Å². The van der Waals surface area contributed by atoms with Crippen molar-refractivity contribution in [2.75, 3.05) is 0 Å². The standard InChI is InChI=1S/C29H38N/c1-19-14-24(23-10-8-9-11-23)17-27(21(19)3)28-26-13-12-22(18-29(4,5)6)16-25(26)15-20(2)30(28)7/h12-17,23H,8-11,18H2,1-7H3/q+1/i15D. The Hall–Kier alpha value is -2.15. The van der Waals surface area contributed by atoms with Gasteiger partial charge in [0, 0.05) is 13.0 Å². The van der Waals surface area contributed by atoms with E-state index < -0.39 is 0 Å². The van der Waals surface area contributed by atoms with Gasteiger partial charge in [0.15, 0.2) is 5.69 Å². The fourth-order valence-electron chi connectivity index (χ4n) is 5.20. The van der Waals surface area contributed by atoms with E-state index in [1.165, 1.54) is 64.6 Å². The molecule has 3 aromatic rings. The van der Waals surface area contributed by atoms with Crippen molar-refractivity contribution >= 4 is 10.8 Å². The molecular formula is C29H38N+. The molecule has 0 aliphatic heterocycles. The predicted octanol–water partition coefficient (Wildman–Crippen LogP) is 7.50. The SMILES string of the molecule is [2H]c1c(C)[n+](C)c(-c2cc(C3CCCC3)cc(C)c2C)c2ccc(CC(C)(C)C)cc12. The first kappa shape index (κ1) is 19.8. The molecule has 0 saturated heterocycles. The van der Waals surface area contributed by atoms with E-state index in [0.29, 0.717) is 12.0 Å². The third kappa shape index (κ3) is 4.04. The van der Waals surface area contributed by atoms with E-state index in [0.717, 1.165) is 17.5 Å². The largest absolute Gasteiger partial charge is 0.220 e. The molecule has 2 aromatic carbocycles. The molecule has 158 valence electrons. The number of rotatable bonds is 3. The zero-order chi connectivity index (χ0) is 22.5. The van der Waals surface area contributed by atoms with Gasteiger partial charge in [-0.05, 0) is 84.2 Å². The molecule has 1 fully saturated rings. The minimum Gasteiger partial charge on any atom is -0.198 e. The monoisotopic (exact) mass is 401 g/mol. The summed E-state index contributed by atoms with van der Waals surface area (Å²) in [5.41, 5.74) is 9.40. The van der Waals surface area contributed by atoms with E-state index in [-0.39, 0.29) is 5.41 Å². The van der Waals surface area contributed by atoms with Gasteiger partial charge in [0.1, 0.15) is 7.05 Å². The van der Waals surface area contributed by atoms with Gasteiger partial charge in [-0.15, -0.1) is 0 Å². The summed E-state index contributed by atoms with van der Waals surface area (Å²) >= 11 is 0. The summed E-state index contributed by atoms with van der Waals surface area (Å²) in [5.74, 6) is 0.699. The molecule has 1 nitrogen and oxygen atoms in total. The number of aromatic nitrogens is 1. The van der Waals surface area contributed by atoms with Crippen molar-refractivity contribution in [2.45, 2.75) is 79.6 Å². The van der Waals surface area contributed by atoms with Crippen LogP contribution in [-0.4, -0.2) is 0 Å². The minimum absolute atomic E-state index is 0.233. The van der Waals surface area contributed by atoms with E-state index in [4.69, 9.17) is 1.37 Å². The van der Waals surface area contributed by atoms with Crippen LogP contribution in [0.2, 0.25) is 0 Å². The molecule has 0 unspecified atom stereocenters. The predicted molar refractivity (Wildman–Crippen MR) is 129 cm³/mol. The zero-order valence-electron chi connectivity index (χ0n) is 20.9. The minimum atomic E-state index is 0.233. The maximum Gasteiger partial charge on any atom is 0.220 e. The number of fused-ring (bicyclic) bond motifs is 1. The van der Waals surface area contributed by atoms with Crippen molar-refractivity contribution in [3.63, 3.8) is 0 Å². The second-order valence-corrected chi connectivity index (χ2v) is 10.7. The Balaban J connectivity index is 1.97. The first-order valence-electron chi connectivity index (χ1n) is 12.1. The molecule has 0 atom stereocenters. The third-order valence-electron chi connectivity index (χ3n) is 7.00. The maximum absolute atomic E-state index is 8.87. The molecule has 0 amide bonds. The Bertz CT molecular complexity index is 1140. The fraction of sp³-hybridized carbons (Fsp3) is 0.483. The summed E-state index contributed by atoms with van der Waals surface area (Å²) in [6, 6.07) is 12.3. The van der Waals surface area contributed by atoms with Crippen LogP contribution < -0.4 is 4.57 Å². The zero-order valence-corrected chi connectivity index (χ0v) is 19.9. The van der Waals surface area contributed by atoms with E-state index in [9.17, 15) is 0 Å². The lowest BCUT2D eigenvalue weighted by Gasteiger charge is -2.19. The second kappa shape index (κ2) is 7.84. The van der Waals surface area contributed by atoms with Crippen LogP contribution >= 0.6 is 0 Å². The topological polar surface area (TPSA) is 3.88 Å². The molecule has 30 heavy (non-hydrogen) atoms. The van der Waals surface area contributed by atoms with E-state index in [1.54, 1.807) is 0 Å². The van der Waals surface area contributed by atoms with Crippen LogP contribution in [0.3, 0.4) is 0 Å². The summed E-state index contributed by atoms with van der Waals surface area (Å²) in [4.78, 5) is 0. The summed E-state index contributed by atoms with van der Waals surface area (Å²) in [7, 11) is 2.13. The Morgan fingerprint density at radius 1 is 1.03 bits per heavy atom. The summed E-state index contributed by atoms with van der Waals surface area (Å²) in [6.07, 6.45) is 6.36. The Morgan fingerprint density at radius 2 is 1.73 bits per heavy atom. The van der Waals surface area contributed by atoms with Crippen LogP contribution in [0.4, 0.5) is 0 Å². The van der Waals surface area contributed by atoms with Crippen LogP contribution in [0.1, 0.15) is 81.7 Å². The van der Waals surface area contributed by atoms with Crippen LogP contribution in [0.25, 0.3) is 22.0 Å². The molecule has 1 heterocycles. The normalized spacial score (nSPS) is 15.8. The molecule has 1 heteroatoms. The van der Waals surface area contributed by atoms with Crippen molar-refractivity contribution in [3.8, 4) is 11.3 Å². The highest BCUT2D eigenvalue weighted by Crippen LogP contribution is 2.39. The van der Waals surface area contributed by atoms with Crippen molar-refractivity contribution < 1.29 is 5.94 Å². The average Bonchev–Trinajstić information content (AvgIpc) is 3.23. The van der Waals surface area contributed by atoms with Gasteiger partial charge in [-0.3, -0.25) is 0 Å². The highest BCUT2D eigenvalue weighted by molar-refractivity contribution is 5.94. The lowest BCUT2D eigenvalue weighted by Crippen LogP contribution is -2.35. The van der Waals surface area contributed by atoms with Gasteiger partial charge in [0.05, 0.1) is 12.3 Å². The van der Waals surface area contributed by atoms with E-state index in [2.05, 4.69) is 83.5 Å². The highest BCUT2D eigenvalue weighted by atomic mass is 14.9. The summed E-state index contributed by atoms with van der Waals surface area (Å²) in [5, 5.41) is 2.28. The Labute approximate surface area is 184 Å². The van der Waals surface area contributed by atoms with Gasteiger partial charge in [0.25, 0.3) is 0 Å². The number of hydrogen-bond donors (Lipinski definition) is 0. The van der Waals surface area contributed by atoms with Crippen LogP contribution in [-0.2, 0) is 13.5 Å². The number of aryl methyl sites for hydroxylation is 1. The van der Waals surface area contributed by atoms with Crippen LogP contribution in [0.5, 0.6) is 0 Å². The lowest BCUT2D eigenvalue weighted by atomic mass is 9.86. The first-order valence-corrected chi connectivity index (χ1v) is 11.6.